The smallest absolute Gasteiger partial charge is 0.0165 e. The monoisotopic (exact) mass is 622 g/mol. The highest BCUT2D eigenvalue weighted by molar-refractivity contribution is 6.24. The van der Waals surface area contributed by atoms with Crippen LogP contribution >= 0.6 is 0 Å². The van der Waals surface area contributed by atoms with Crippen molar-refractivity contribution in [2.45, 2.75) is 19.3 Å². The third-order valence-electron chi connectivity index (χ3n) is 11.0. The highest BCUT2D eigenvalue weighted by atomic mass is 14.4. The van der Waals surface area contributed by atoms with E-state index in [0.717, 1.165) is 0 Å². The summed E-state index contributed by atoms with van der Waals surface area (Å²) in [4.78, 5) is 0. The number of rotatable bonds is 3. The van der Waals surface area contributed by atoms with E-state index in [1.54, 1.807) is 0 Å². The van der Waals surface area contributed by atoms with E-state index in [4.69, 9.17) is 0 Å². The Balaban J connectivity index is 1.25. The molecule has 10 rings (SSSR count). The summed E-state index contributed by atoms with van der Waals surface area (Å²) in [6.45, 7) is 4.80. The lowest BCUT2D eigenvalue weighted by Gasteiger charge is -2.25. The molecule has 0 unspecified atom stereocenters. The minimum absolute atomic E-state index is 0.134. The van der Waals surface area contributed by atoms with Gasteiger partial charge in [0.25, 0.3) is 0 Å². The lowest BCUT2D eigenvalue weighted by molar-refractivity contribution is 0.663. The van der Waals surface area contributed by atoms with Crippen molar-refractivity contribution < 1.29 is 0 Å². The van der Waals surface area contributed by atoms with Crippen LogP contribution < -0.4 is 0 Å². The summed E-state index contributed by atoms with van der Waals surface area (Å²) in [5.41, 5.74) is 13.1. The average Bonchev–Trinajstić information content (AvgIpc) is 3.38. The summed E-state index contributed by atoms with van der Waals surface area (Å²) in [5.74, 6) is 0. The first-order valence-electron chi connectivity index (χ1n) is 17.3. The number of fused-ring (bicyclic) bond motifs is 7. The fraction of sp³-hybridized carbons (Fsp3) is 0.0612. The van der Waals surface area contributed by atoms with Crippen molar-refractivity contribution in [3.8, 4) is 44.5 Å². The zero-order chi connectivity index (χ0) is 32.7. The summed E-state index contributed by atoms with van der Waals surface area (Å²) in [7, 11) is 0. The zero-order valence-corrected chi connectivity index (χ0v) is 27.7. The van der Waals surface area contributed by atoms with Crippen LogP contribution in [0.3, 0.4) is 0 Å². The van der Waals surface area contributed by atoms with Gasteiger partial charge in [0, 0.05) is 5.41 Å². The lowest BCUT2D eigenvalue weighted by Crippen LogP contribution is -2.16. The third-order valence-corrected chi connectivity index (χ3v) is 11.0. The maximum Gasteiger partial charge on any atom is 0.0165 e. The van der Waals surface area contributed by atoms with E-state index >= 15 is 0 Å². The Kier molecular flexibility index (Phi) is 6.02. The van der Waals surface area contributed by atoms with Crippen LogP contribution in [0.15, 0.2) is 170 Å². The Morgan fingerprint density at radius 1 is 0.327 bits per heavy atom. The van der Waals surface area contributed by atoms with Crippen molar-refractivity contribution in [3.63, 3.8) is 0 Å². The molecule has 0 spiro atoms. The topological polar surface area (TPSA) is 0 Å². The predicted molar refractivity (Wildman–Crippen MR) is 210 cm³/mol. The highest BCUT2D eigenvalue weighted by Crippen LogP contribution is 2.54. The van der Waals surface area contributed by atoms with Gasteiger partial charge >= 0.3 is 0 Å². The minimum Gasteiger partial charge on any atom is -0.0622 e. The Labute approximate surface area is 286 Å². The van der Waals surface area contributed by atoms with Crippen molar-refractivity contribution in [2.75, 3.05) is 0 Å². The summed E-state index contributed by atoms with van der Waals surface area (Å²) < 4.78 is 0. The maximum atomic E-state index is 2.42. The van der Waals surface area contributed by atoms with Crippen molar-refractivity contribution >= 4 is 43.1 Å². The van der Waals surface area contributed by atoms with Gasteiger partial charge in [-0.2, -0.15) is 0 Å². The molecule has 49 heavy (non-hydrogen) atoms. The third kappa shape index (κ3) is 4.04. The molecule has 0 saturated carbocycles. The van der Waals surface area contributed by atoms with Crippen LogP contribution in [0.25, 0.3) is 87.6 Å². The summed E-state index contributed by atoms with van der Waals surface area (Å²) in [6, 6.07) is 63.0. The van der Waals surface area contributed by atoms with Crippen molar-refractivity contribution in [2.24, 2.45) is 0 Å². The molecule has 9 aromatic carbocycles. The van der Waals surface area contributed by atoms with Gasteiger partial charge in [-0.1, -0.05) is 172 Å². The van der Waals surface area contributed by atoms with Gasteiger partial charge in [-0.3, -0.25) is 0 Å². The second kappa shape index (κ2) is 10.5. The SMILES string of the molecule is CC1(C)c2cc3ccccc3cc2-c2cccc(-c3ccc(-c4c5ccccc5c(-c5ccccc5)c5ccccc45)c4ccccc34)c21. The lowest BCUT2D eigenvalue weighted by atomic mass is 9.77. The van der Waals surface area contributed by atoms with Crippen LogP contribution in [-0.2, 0) is 5.41 Å². The Bertz CT molecular complexity index is 2720. The van der Waals surface area contributed by atoms with E-state index in [1.165, 1.54) is 98.7 Å². The van der Waals surface area contributed by atoms with E-state index in [-0.39, 0.29) is 5.41 Å². The standard InChI is InChI=1S/C49H34/c1-49(2)45-30-33-18-7-6-17-32(33)29-44(45)43-26-14-25-42(48(43)49)36-27-28-41(35-20-9-8-19-34(35)36)47-39-23-12-10-21-37(39)46(31-15-4-3-5-16-31)38-22-11-13-24-40(38)47/h3-30H,1-2H3. The molecule has 0 radical (unpaired) electrons. The fourth-order valence-corrected chi connectivity index (χ4v) is 8.88. The van der Waals surface area contributed by atoms with Crippen LogP contribution in [0, 0.1) is 0 Å². The molecular formula is C49H34. The number of hydrogen-bond acceptors (Lipinski definition) is 0. The Morgan fingerprint density at radius 2 is 0.796 bits per heavy atom. The van der Waals surface area contributed by atoms with E-state index in [1.807, 2.05) is 0 Å². The minimum atomic E-state index is -0.134. The highest BCUT2D eigenvalue weighted by Gasteiger charge is 2.38. The van der Waals surface area contributed by atoms with E-state index in [0.29, 0.717) is 0 Å². The molecule has 230 valence electrons. The fourth-order valence-electron chi connectivity index (χ4n) is 8.88. The first kappa shape index (κ1) is 28.1. The van der Waals surface area contributed by atoms with Gasteiger partial charge in [0.1, 0.15) is 0 Å². The molecule has 0 fully saturated rings. The van der Waals surface area contributed by atoms with E-state index < -0.39 is 0 Å². The molecule has 1 aliphatic carbocycles. The number of hydrogen-bond donors (Lipinski definition) is 0. The van der Waals surface area contributed by atoms with Crippen molar-refractivity contribution in [1.29, 1.82) is 0 Å². The quantitative estimate of drug-likeness (QED) is 0.172. The molecule has 0 aromatic heterocycles. The molecule has 1 aliphatic rings. The molecule has 0 N–H and O–H groups in total. The average molecular weight is 623 g/mol. The van der Waals surface area contributed by atoms with Crippen LogP contribution in [-0.4, -0.2) is 0 Å². The van der Waals surface area contributed by atoms with Gasteiger partial charge in [0.15, 0.2) is 0 Å². The van der Waals surface area contributed by atoms with Crippen LogP contribution in [0.2, 0.25) is 0 Å². The molecule has 0 heterocycles. The maximum absolute atomic E-state index is 2.42. The molecule has 9 aromatic rings. The molecule has 0 aliphatic heterocycles. The largest absolute Gasteiger partial charge is 0.0622 e. The van der Waals surface area contributed by atoms with Crippen molar-refractivity contribution in [3.05, 3.63) is 181 Å². The molecular weight excluding hydrogens is 589 g/mol. The van der Waals surface area contributed by atoms with Crippen molar-refractivity contribution in [1.82, 2.24) is 0 Å². The second-order valence-electron chi connectivity index (χ2n) is 14.0. The van der Waals surface area contributed by atoms with Crippen LogP contribution in [0.1, 0.15) is 25.0 Å². The van der Waals surface area contributed by atoms with Gasteiger partial charge < -0.3 is 0 Å². The normalized spacial score (nSPS) is 13.3. The summed E-state index contributed by atoms with van der Waals surface area (Å²) in [5, 5.41) is 10.3. The molecule has 0 nitrogen and oxygen atoms in total. The summed E-state index contributed by atoms with van der Waals surface area (Å²) in [6.07, 6.45) is 0. The molecule has 0 atom stereocenters. The van der Waals surface area contributed by atoms with E-state index in [9.17, 15) is 0 Å². The van der Waals surface area contributed by atoms with Gasteiger partial charge in [-0.05, 0) is 111 Å². The predicted octanol–water partition coefficient (Wildman–Crippen LogP) is 13.6. The zero-order valence-electron chi connectivity index (χ0n) is 27.7. The second-order valence-corrected chi connectivity index (χ2v) is 14.0. The first-order chi connectivity index (χ1) is 24.1. The number of benzene rings is 9. The molecule has 0 saturated heterocycles. The van der Waals surface area contributed by atoms with E-state index in [2.05, 4.69) is 184 Å². The van der Waals surface area contributed by atoms with Crippen LogP contribution in [0.5, 0.6) is 0 Å². The molecule has 0 amide bonds. The Hall–Kier alpha value is -5.98. The molecule has 0 heteroatoms. The Morgan fingerprint density at radius 3 is 1.43 bits per heavy atom. The van der Waals surface area contributed by atoms with Gasteiger partial charge in [0.05, 0.1) is 0 Å². The molecule has 0 bridgehead atoms. The van der Waals surface area contributed by atoms with Gasteiger partial charge in [-0.25, -0.2) is 0 Å². The summed E-state index contributed by atoms with van der Waals surface area (Å²) >= 11 is 0. The first-order valence-corrected chi connectivity index (χ1v) is 17.3. The van der Waals surface area contributed by atoms with Gasteiger partial charge in [-0.15, -0.1) is 0 Å². The van der Waals surface area contributed by atoms with Gasteiger partial charge in [0.2, 0.25) is 0 Å². The van der Waals surface area contributed by atoms with Crippen LogP contribution in [0.4, 0.5) is 0 Å².